The van der Waals surface area contributed by atoms with Crippen molar-refractivity contribution in [1.29, 1.82) is 0 Å². The van der Waals surface area contributed by atoms with E-state index in [-0.39, 0.29) is 23.2 Å². The molecule has 4 atom stereocenters. The third-order valence-corrected chi connectivity index (χ3v) is 9.33. The molecule has 2 heterocycles. The summed E-state index contributed by atoms with van der Waals surface area (Å²) in [4.78, 5) is 0. The molecular weight excluding hydrogens is 245 g/mol. The smallest absolute Gasteiger partial charge is 0.192 e. The summed E-state index contributed by atoms with van der Waals surface area (Å²) in [5.74, 6) is 0. The van der Waals surface area contributed by atoms with Gasteiger partial charge in [-0.1, -0.05) is 20.8 Å². The van der Waals surface area contributed by atoms with Gasteiger partial charge in [0.25, 0.3) is 0 Å². The molecule has 18 heavy (non-hydrogen) atoms. The summed E-state index contributed by atoms with van der Waals surface area (Å²) in [6.07, 6.45) is 0.0352. The van der Waals surface area contributed by atoms with Gasteiger partial charge in [-0.25, -0.2) is 0 Å². The molecule has 2 fully saturated rings. The van der Waals surface area contributed by atoms with Crippen LogP contribution in [0.1, 0.15) is 20.8 Å². The Kier molecular flexibility index (Phi) is 3.48. The van der Waals surface area contributed by atoms with Crippen LogP contribution in [-0.4, -0.2) is 53.1 Å². The fourth-order valence-electron chi connectivity index (χ4n) is 2.40. The molecular formula is C12H26BNO3Si. The van der Waals surface area contributed by atoms with E-state index >= 15 is 0 Å². The summed E-state index contributed by atoms with van der Waals surface area (Å²) >= 11 is 0. The van der Waals surface area contributed by atoms with E-state index in [2.05, 4.69) is 33.9 Å². The molecule has 2 rings (SSSR count). The highest BCUT2D eigenvalue weighted by atomic mass is 28.4. The predicted octanol–water partition coefficient (Wildman–Crippen LogP) is 0.463. The first-order valence-corrected chi connectivity index (χ1v) is 9.69. The summed E-state index contributed by atoms with van der Waals surface area (Å²) in [5.41, 5.74) is 5.82. The first-order valence-electron chi connectivity index (χ1n) is 6.78. The van der Waals surface area contributed by atoms with E-state index in [1.54, 1.807) is 0 Å². The number of ether oxygens (including phenoxy) is 2. The predicted molar refractivity (Wildman–Crippen MR) is 77.0 cm³/mol. The normalized spacial score (nSPS) is 40.4. The van der Waals surface area contributed by atoms with Crippen LogP contribution in [0.2, 0.25) is 18.1 Å². The zero-order valence-corrected chi connectivity index (χ0v) is 13.4. The lowest BCUT2D eigenvalue weighted by Gasteiger charge is -2.40. The van der Waals surface area contributed by atoms with Crippen molar-refractivity contribution in [3.8, 4) is 0 Å². The van der Waals surface area contributed by atoms with E-state index in [0.29, 0.717) is 13.2 Å². The largest absolute Gasteiger partial charge is 0.414 e. The van der Waals surface area contributed by atoms with Gasteiger partial charge in [0, 0.05) is 0 Å². The average Bonchev–Trinajstić information content (AvgIpc) is 2.65. The lowest BCUT2D eigenvalue weighted by atomic mass is 9.91. The molecule has 0 aromatic heterocycles. The van der Waals surface area contributed by atoms with Crippen LogP contribution >= 0.6 is 0 Å². The first-order chi connectivity index (χ1) is 8.09. The van der Waals surface area contributed by atoms with Crippen molar-refractivity contribution >= 4 is 16.2 Å². The van der Waals surface area contributed by atoms with Gasteiger partial charge in [0.05, 0.1) is 31.4 Å². The van der Waals surface area contributed by atoms with E-state index in [0.717, 1.165) is 0 Å². The topological polar surface area (TPSA) is 53.7 Å². The Morgan fingerprint density at radius 3 is 2.44 bits per heavy atom. The fraction of sp³-hybridized carbons (Fsp3) is 1.00. The quantitative estimate of drug-likeness (QED) is 0.758. The molecule has 2 aliphatic heterocycles. The van der Waals surface area contributed by atoms with Crippen LogP contribution in [0, 0.1) is 0 Å². The van der Waals surface area contributed by atoms with Crippen LogP contribution in [0.4, 0.5) is 0 Å². The van der Waals surface area contributed by atoms with Gasteiger partial charge in [-0.05, 0) is 18.1 Å². The average molecular weight is 271 g/mol. The van der Waals surface area contributed by atoms with Crippen molar-refractivity contribution in [2.24, 2.45) is 5.73 Å². The van der Waals surface area contributed by atoms with Crippen molar-refractivity contribution in [3.63, 3.8) is 0 Å². The summed E-state index contributed by atoms with van der Waals surface area (Å²) in [7, 11) is 0.266. The molecule has 4 nitrogen and oxygen atoms in total. The third kappa shape index (κ3) is 2.18. The van der Waals surface area contributed by atoms with E-state index in [1.165, 1.54) is 0 Å². The molecule has 2 N–H and O–H groups in total. The Hall–Kier alpha value is 0.122. The Balaban J connectivity index is 2.03. The molecule has 0 radical (unpaired) electrons. The van der Waals surface area contributed by atoms with Gasteiger partial charge in [0.2, 0.25) is 0 Å². The molecule has 0 amide bonds. The maximum Gasteiger partial charge on any atom is 0.192 e. The molecule has 2 bridgehead atoms. The van der Waals surface area contributed by atoms with Gasteiger partial charge in [-0.15, -0.1) is 0 Å². The molecule has 0 spiro atoms. The maximum atomic E-state index is 6.27. The molecule has 104 valence electrons. The minimum absolute atomic E-state index is 0.0352. The Labute approximate surface area is 112 Å². The van der Waals surface area contributed by atoms with E-state index in [1.807, 2.05) is 7.85 Å². The molecule has 0 aromatic carbocycles. The number of rotatable bonds is 3. The lowest BCUT2D eigenvalue weighted by Crippen LogP contribution is -2.53. The highest BCUT2D eigenvalue weighted by molar-refractivity contribution is 6.74. The van der Waals surface area contributed by atoms with Crippen LogP contribution in [0.25, 0.3) is 0 Å². The summed E-state index contributed by atoms with van der Waals surface area (Å²) in [6, 6.07) is 0.0223. The van der Waals surface area contributed by atoms with Gasteiger partial charge >= 0.3 is 0 Å². The second-order valence-corrected chi connectivity index (χ2v) is 12.0. The minimum atomic E-state index is -1.76. The van der Waals surface area contributed by atoms with E-state index < -0.39 is 13.9 Å². The molecule has 6 heteroatoms. The van der Waals surface area contributed by atoms with Crippen LogP contribution in [-0.2, 0) is 13.9 Å². The summed E-state index contributed by atoms with van der Waals surface area (Å²) < 4.78 is 18.0. The molecule has 0 saturated carbocycles. The first kappa shape index (κ1) is 14.5. The SMILES string of the molecule is B[C@@H]1O[C@@]2(CO[Si](C)(C)C(C)(C)C)CO[C@@H]1[C@@H]2N. The third-order valence-electron chi connectivity index (χ3n) is 4.85. The standard InChI is InChI=1S/C12H26BNO3Si/c1-11(2,3)18(4,5)16-7-12-6-15-8(9(12)14)10(13)17-12/h8-10H,6-7,13-14H2,1-5H3/t8-,9+,10-,12-/m1/s1. The lowest BCUT2D eigenvalue weighted by molar-refractivity contribution is -0.128. The second-order valence-electron chi connectivity index (χ2n) is 7.24. The highest BCUT2D eigenvalue weighted by Crippen LogP contribution is 2.41. The van der Waals surface area contributed by atoms with Gasteiger partial charge in [-0.2, -0.15) is 0 Å². The molecule has 2 saturated heterocycles. The number of hydrogen-bond donors (Lipinski definition) is 1. The van der Waals surface area contributed by atoms with Crippen LogP contribution < -0.4 is 5.73 Å². The number of hydrogen-bond acceptors (Lipinski definition) is 4. The van der Waals surface area contributed by atoms with E-state index in [9.17, 15) is 0 Å². The molecule has 2 aliphatic rings. The van der Waals surface area contributed by atoms with Crippen LogP contribution in [0.5, 0.6) is 0 Å². The minimum Gasteiger partial charge on any atom is -0.414 e. The van der Waals surface area contributed by atoms with Gasteiger partial charge in [-0.3, -0.25) is 0 Å². The number of fused-ring (bicyclic) bond motifs is 2. The second kappa shape index (κ2) is 4.31. The number of nitrogens with two attached hydrogens (primary N) is 1. The Bertz CT molecular complexity index is 334. The van der Waals surface area contributed by atoms with Gasteiger partial charge < -0.3 is 19.6 Å². The molecule has 0 aromatic rings. The Morgan fingerprint density at radius 2 is 2.06 bits per heavy atom. The van der Waals surface area contributed by atoms with Gasteiger partial charge in [0.15, 0.2) is 8.32 Å². The van der Waals surface area contributed by atoms with Crippen molar-refractivity contribution < 1.29 is 13.9 Å². The molecule has 0 unspecified atom stereocenters. The highest BCUT2D eigenvalue weighted by Gasteiger charge is 2.59. The monoisotopic (exact) mass is 271 g/mol. The molecule has 0 aliphatic carbocycles. The van der Waals surface area contributed by atoms with E-state index in [4.69, 9.17) is 19.6 Å². The van der Waals surface area contributed by atoms with Crippen molar-refractivity contribution in [1.82, 2.24) is 0 Å². The summed E-state index contributed by atoms with van der Waals surface area (Å²) in [5, 5.41) is 0.205. The Morgan fingerprint density at radius 1 is 1.44 bits per heavy atom. The van der Waals surface area contributed by atoms with Gasteiger partial charge in [0.1, 0.15) is 13.4 Å². The van der Waals surface area contributed by atoms with Crippen LogP contribution in [0.3, 0.4) is 0 Å². The fourth-order valence-corrected chi connectivity index (χ4v) is 3.44. The van der Waals surface area contributed by atoms with Crippen molar-refractivity contribution in [3.05, 3.63) is 0 Å². The zero-order chi connectivity index (χ0) is 13.8. The summed E-state index contributed by atoms with van der Waals surface area (Å²) in [6.45, 7) is 12.3. The van der Waals surface area contributed by atoms with Crippen molar-refractivity contribution in [2.45, 2.75) is 62.7 Å². The van der Waals surface area contributed by atoms with Crippen molar-refractivity contribution in [2.75, 3.05) is 13.2 Å². The maximum absolute atomic E-state index is 6.27. The van der Waals surface area contributed by atoms with Crippen LogP contribution in [0.15, 0.2) is 0 Å². The zero-order valence-electron chi connectivity index (χ0n) is 12.4.